The lowest BCUT2D eigenvalue weighted by Crippen LogP contribution is -2.14. The number of aromatic nitrogens is 3. The number of benzene rings is 6. The van der Waals surface area contributed by atoms with Gasteiger partial charge in [-0.25, -0.2) is 4.98 Å². The molecule has 0 spiro atoms. The van der Waals surface area contributed by atoms with E-state index in [9.17, 15) is 0 Å². The zero-order valence-electron chi connectivity index (χ0n) is 23.0. The van der Waals surface area contributed by atoms with Gasteiger partial charge in [0, 0.05) is 27.3 Å². The lowest BCUT2D eigenvalue weighted by Gasteiger charge is -2.22. The molecule has 0 unspecified atom stereocenters. The minimum atomic E-state index is -0.0619. The van der Waals surface area contributed by atoms with Gasteiger partial charge in [-0.2, -0.15) is 0 Å². The summed E-state index contributed by atoms with van der Waals surface area (Å²) < 4.78 is 4.62. The number of fused-ring (bicyclic) bond motifs is 9. The summed E-state index contributed by atoms with van der Waals surface area (Å²) in [7, 11) is 0. The van der Waals surface area contributed by atoms with Gasteiger partial charge in [0.25, 0.3) is 0 Å². The summed E-state index contributed by atoms with van der Waals surface area (Å²) in [5.41, 5.74) is 12.2. The van der Waals surface area contributed by atoms with Crippen LogP contribution in [0, 0.1) is 0 Å². The molecule has 0 amide bonds. The molecule has 41 heavy (non-hydrogen) atoms. The maximum Gasteiger partial charge on any atom is 0.113 e. The Morgan fingerprint density at radius 3 is 2.27 bits per heavy atom. The van der Waals surface area contributed by atoms with Gasteiger partial charge in [0.15, 0.2) is 0 Å². The van der Waals surface area contributed by atoms with E-state index in [1.807, 2.05) is 12.4 Å². The van der Waals surface area contributed by atoms with Gasteiger partial charge >= 0.3 is 0 Å². The molecule has 3 heteroatoms. The van der Waals surface area contributed by atoms with Crippen molar-refractivity contribution in [2.24, 2.45) is 0 Å². The van der Waals surface area contributed by atoms with Crippen LogP contribution in [0.5, 0.6) is 0 Å². The normalized spacial score (nSPS) is 13.8. The Morgan fingerprint density at radius 2 is 1.37 bits per heavy atom. The fraction of sp³-hybridized carbons (Fsp3) is 0.0789. The Labute approximate surface area is 237 Å². The molecule has 1 aliphatic carbocycles. The van der Waals surface area contributed by atoms with Gasteiger partial charge in [0.05, 0.1) is 22.2 Å². The molecule has 6 aromatic carbocycles. The Balaban J connectivity index is 1.41. The first-order valence-corrected chi connectivity index (χ1v) is 14.2. The molecule has 9 rings (SSSR count). The van der Waals surface area contributed by atoms with Gasteiger partial charge in [-0.15, -0.1) is 0 Å². The van der Waals surface area contributed by atoms with Crippen LogP contribution in [0.25, 0.3) is 66.1 Å². The molecule has 0 saturated carbocycles. The highest BCUT2D eigenvalue weighted by Gasteiger charge is 2.35. The van der Waals surface area contributed by atoms with Crippen LogP contribution in [0.4, 0.5) is 0 Å². The molecule has 2 aromatic heterocycles. The van der Waals surface area contributed by atoms with Crippen LogP contribution >= 0.6 is 0 Å². The second-order valence-corrected chi connectivity index (χ2v) is 11.7. The van der Waals surface area contributed by atoms with E-state index in [0.717, 1.165) is 22.4 Å². The Kier molecular flexibility index (Phi) is 4.39. The second-order valence-electron chi connectivity index (χ2n) is 11.7. The van der Waals surface area contributed by atoms with Gasteiger partial charge in [0.2, 0.25) is 0 Å². The van der Waals surface area contributed by atoms with Crippen LogP contribution in [0.2, 0.25) is 0 Å². The van der Waals surface area contributed by atoms with Crippen LogP contribution in [-0.2, 0) is 5.41 Å². The van der Waals surface area contributed by atoms with E-state index in [2.05, 4.69) is 138 Å². The van der Waals surface area contributed by atoms with E-state index in [-0.39, 0.29) is 5.41 Å². The van der Waals surface area contributed by atoms with Crippen molar-refractivity contribution in [3.8, 4) is 22.5 Å². The fourth-order valence-corrected chi connectivity index (χ4v) is 7.23. The Bertz CT molecular complexity index is 2330. The summed E-state index contributed by atoms with van der Waals surface area (Å²) in [5, 5.41) is 5.06. The van der Waals surface area contributed by atoms with E-state index in [1.54, 1.807) is 0 Å². The summed E-state index contributed by atoms with van der Waals surface area (Å²) in [6.07, 6.45) is 1.95. The molecule has 0 N–H and O–H groups in total. The second kappa shape index (κ2) is 7.96. The maximum absolute atomic E-state index is 4.99. The van der Waals surface area contributed by atoms with Gasteiger partial charge in [-0.1, -0.05) is 92.7 Å². The third-order valence-corrected chi connectivity index (χ3v) is 9.18. The molecule has 0 aliphatic heterocycles. The molecule has 2 heterocycles. The number of rotatable bonds is 2. The molecule has 0 radical (unpaired) electrons. The first-order chi connectivity index (χ1) is 20.1. The third kappa shape index (κ3) is 2.95. The number of hydrogen-bond acceptors (Lipinski definition) is 1. The molecule has 3 nitrogen and oxygen atoms in total. The van der Waals surface area contributed by atoms with E-state index in [1.165, 1.54) is 54.8 Å². The Hall–Kier alpha value is -5.15. The van der Waals surface area contributed by atoms with Crippen LogP contribution in [0.3, 0.4) is 0 Å². The van der Waals surface area contributed by atoms with E-state index < -0.39 is 0 Å². The largest absolute Gasteiger partial charge is 0.306 e. The van der Waals surface area contributed by atoms with Crippen LogP contribution in [0.15, 0.2) is 128 Å². The smallest absolute Gasteiger partial charge is 0.113 e. The van der Waals surface area contributed by atoms with Crippen molar-refractivity contribution in [3.05, 3.63) is 139 Å². The third-order valence-electron chi connectivity index (χ3n) is 9.18. The molecular formula is C38H27N3. The van der Waals surface area contributed by atoms with Crippen LogP contribution in [0.1, 0.15) is 25.0 Å². The van der Waals surface area contributed by atoms with Crippen molar-refractivity contribution < 1.29 is 0 Å². The first-order valence-electron chi connectivity index (χ1n) is 14.2. The molecule has 8 aromatic rings. The number of hydrogen-bond donors (Lipinski definition) is 0. The molecule has 1 aliphatic rings. The Morgan fingerprint density at radius 1 is 0.585 bits per heavy atom. The lowest BCUT2D eigenvalue weighted by atomic mass is 9.82. The summed E-state index contributed by atoms with van der Waals surface area (Å²) in [6, 6.07) is 44.1. The molecule has 0 bridgehead atoms. The van der Waals surface area contributed by atoms with Crippen molar-refractivity contribution in [2.75, 3.05) is 0 Å². The molecule has 0 fully saturated rings. The molecule has 0 saturated heterocycles. The van der Waals surface area contributed by atoms with E-state index in [4.69, 9.17) is 4.98 Å². The van der Waals surface area contributed by atoms with Crippen molar-refractivity contribution in [3.63, 3.8) is 0 Å². The van der Waals surface area contributed by atoms with Crippen molar-refractivity contribution in [1.82, 2.24) is 14.1 Å². The highest BCUT2D eigenvalue weighted by molar-refractivity contribution is 6.20. The van der Waals surface area contributed by atoms with Gasteiger partial charge in [0.1, 0.15) is 11.8 Å². The summed E-state index contributed by atoms with van der Waals surface area (Å²) in [4.78, 5) is 4.99. The van der Waals surface area contributed by atoms with E-state index >= 15 is 0 Å². The zero-order chi connectivity index (χ0) is 27.3. The number of nitrogens with zero attached hydrogens (tertiary/aromatic N) is 3. The van der Waals surface area contributed by atoms with Crippen molar-refractivity contribution >= 4 is 43.6 Å². The summed E-state index contributed by atoms with van der Waals surface area (Å²) in [6.45, 7) is 4.71. The number of imidazole rings is 1. The minimum absolute atomic E-state index is 0.0619. The standard InChI is InChI=1S/C38H27N3/c1-38(2)31-15-8-6-13-26(31)30-21-24-19-20-28-27-14-7-9-16-33(27)41(37(28)29(24)22-32(30)38)35-18-10-17-34-36(35)39-23-40(34)25-11-4-3-5-12-25/h3-23H,1-2H3. The topological polar surface area (TPSA) is 22.8 Å². The average Bonchev–Trinajstić information content (AvgIpc) is 3.66. The predicted molar refractivity (Wildman–Crippen MR) is 170 cm³/mol. The fourth-order valence-electron chi connectivity index (χ4n) is 7.23. The van der Waals surface area contributed by atoms with Crippen LogP contribution < -0.4 is 0 Å². The maximum atomic E-state index is 4.99. The first kappa shape index (κ1) is 22.6. The average molecular weight is 526 g/mol. The van der Waals surface area contributed by atoms with Crippen molar-refractivity contribution in [1.29, 1.82) is 0 Å². The lowest BCUT2D eigenvalue weighted by molar-refractivity contribution is 0.661. The number of para-hydroxylation sites is 3. The van der Waals surface area contributed by atoms with Gasteiger partial charge in [-0.3, -0.25) is 4.57 Å². The highest BCUT2D eigenvalue weighted by atomic mass is 15.1. The summed E-state index contributed by atoms with van der Waals surface area (Å²) >= 11 is 0. The molecule has 194 valence electrons. The quantitative estimate of drug-likeness (QED) is 0.220. The molecule has 0 atom stereocenters. The van der Waals surface area contributed by atoms with E-state index in [0.29, 0.717) is 0 Å². The van der Waals surface area contributed by atoms with Crippen molar-refractivity contribution in [2.45, 2.75) is 19.3 Å². The minimum Gasteiger partial charge on any atom is -0.306 e. The monoisotopic (exact) mass is 525 g/mol. The zero-order valence-corrected chi connectivity index (χ0v) is 23.0. The predicted octanol–water partition coefficient (Wildman–Crippen LogP) is 9.58. The van der Waals surface area contributed by atoms with Gasteiger partial charge in [-0.05, 0) is 70.1 Å². The molecular weight excluding hydrogens is 498 g/mol. The van der Waals surface area contributed by atoms with Gasteiger partial charge < -0.3 is 4.57 Å². The van der Waals surface area contributed by atoms with Crippen LogP contribution in [-0.4, -0.2) is 14.1 Å². The highest BCUT2D eigenvalue weighted by Crippen LogP contribution is 2.51. The summed E-state index contributed by atoms with van der Waals surface area (Å²) in [5.74, 6) is 0. The SMILES string of the molecule is CC1(C)c2ccccc2-c2cc3ccc4c5ccccc5n(-c5cccc6c5ncn6-c5ccccc5)c4c3cc21.